The van der Waals surface area contributed by atoms with Crippen molar-refractivity contribution in [2.45, 2.75) is 25.2 Å². The Morgan fingerprint density at radius 1 is 1.12 bits per heavy atom. The van der Waals surface area contributed by atoms with Crippen LogP contribution < -0.4 is 16.4 Å². The number of aliphatic hydroxyl groups is 1. The first-order valence-corrected chi connectivity index (χ1v) is 10.7. The highest BCUT2D eigenvalue weighted by Gasteiger charge is 2.35. The molecule has 0 radical (unpaired) electrons. The minimum absolute atomic E-state index is 0.0166. The summed E-state index contributed by atoms with van der Waals surface area (Å²) in [6, 6.07) is 13.8. The number of nitrogens with one attached hydrogen (secondary N) is 3. The number of ether oxygens (including phenoxy) is 1. The van der Waals surface area contributed by atoms with Gasteiger partial charge in [-0.2, -0.15) is 0 Å². The van der Waals surface area contributed by atoms with Crippen molar-refractivity contribution in [2.75, 3.05) is 13.2 Å². The molecule has 0 fully saturated rings. The SMILES string of the molecule is N=C(N)c1ccc(CNC(=O)[C@@H]2C=CCN2C(=O)[C@@H](CO)NC(=O)OCc2ccccc2)cc1. The molecule has 0 aromatic heterocycles. The van der Waals surface area contributed by atoms with E-state index >= 15 is 0 Å². The van der Waals surface area contributed by atoms with Gasteiger partial charge in [0.2, 0.25) is 11.8 Å². The standard InChI is InChI=1S/C24H27N5O5/c25-21(26)18-10-8-16(9-11-18)13-27-22(31)20-7-4-12-29(20)23(32)19(14-30)28-24(33)34-15-17-5-2-1-3-6-17/h1-11,19-20,30H,12-15H2,(H3,25,26)(H,27,31)(H,28,33)/t19-,20+/m1/s1. The number of hydrogen-bond acceptors (Lipinski definition) is 6. The predicted molar refractivity (Wildman–Crippen MR) is 125 cm³/mol. The molecule has 1 aliphatic heterocycles. The molecule has 178 valence electrons. The molecule has 3 rings (SSSR count). The first-order valence-electron chi connectivity index (χ1n) is 10.7. The Kier molecular flexibility index (Phi) is 8.36. The van der Waals surface area contributed by atoms with Gasteiger partial charge in [0, 0.05) is 18.7 Å². The fraction of sp³-hybridized carbons (Fsp3) is 0.250. The second-order valence-electron chi connectivity index (χ2n) is 7.63. The zero-order valence-corrected chi connectivity index (χ0v) is 18.4. The molecule has 2 aromatic rings. The Bertz CT molecular complexity index is 1060. The van der Waals surface area contributed by atoms with Crippen LogP contribution in [0.2, 0.25) is 0 Å². The fourth-order valence-corrected chi connectivity index (χ4v) is 3.37. The van der Waals surface area contributed by atoms with E-state index in [9.17, 15) is 19.5 Å². The van der Waals surface area contributed by atoms with Crippen LogP contribution in [0.15, 0.2) is 66.7 Å². The van der Waals surface area contributed by atoms with Crippen LogP contribution in [0, 0.1) is 5.41 Å². The van der Waals surface area contributed by atoms with Crippen molar-refractivity contribution in [3.8, 4) is 0 Å². The van der Waals surface area contributed by atoms with Crippen molar-refractivity contribution in [3.63, 3.8) is 0 Å². The normalized spacial score (nSPS) is 15.4. The van der Waals surface area contributed by atoms with Crippen LogP contribution in [-0.4, -0.2) is 59.0 Å². The van der Waals surface area contributed by atoms with Gasteiger partial charge in [0.15, 0.2) is 0 Å². The largest absolute Gasteiger partial charge is 0.445 e. The van der Waals surface area contributed by atoms with Gasteiger partial charge in [0.05, 0.1) is 6.61 Å². The summed E-state index contributed by atoms with van der Waals surface area (Å²) in [5.41, 5.74) is 7.60. The van der Waals surface area contributed by atoms with E-state index < -0.39 is 36.6 Å². The summed E-state index contributed by atoms with van der Waals surface area (Å²) in [6.45, 7) is -0.242. The summed E-state index contributed by atoms with van der Waals surface area (Å²) in [4.78, 5) is 39.0. The molecule has 0 spiro atoms. The number of nitrogen functional groups attached to an aromatic ring is 1. The van der Waals surface area contributed by atoms with Gasteiger partial charge in [0.1, 0.15) is 24.5 Å². The summed E-state index contributed by atoms with van der Waals surface area (Å²) in [5.74, 6) is -1.05. The van der Waals surface area contributed by atoms with E-state index in [1.165, 1.54) is 4.90 Å². The molecule has 3 amide bonds. The molecule has 10 nitrogen and oxygen atoms in total. The van der Waals surface area contributed by atoms with Crippen LogP contribution >= 0.6 is 0 Å². The predicted octanol–water partition coefficient (Wildman–Crippen LogP) is 0.641. The average Bonchev–Trinajstić information content (AvgIpc) is 3.35. The molecule has 10 heteroatoms. The zero-order chi connectivity index (χ0) is 24.5. The van der Waals surface area contributed by atoms with Crippen molar-refractivity contribution in [1.82, 2.24) is 15.5 Å². The van der Waals surface area contributed by atoms with Crippen molar-refractivity contribution < 1.29 is 24.2 Å². The van der Waals surface area contributed by atoms with Crippen molar-refractivity contribution >= 4 is 23.7 Å². The molecule has 0 bridgehead atoms. The molecule has 2 atom stereocenters. The smallest absolute Gasteiger partial charge is 0.408 e. The molecule has 34 heavy (non-hydrogen) atoms. The van der Waals surface area contributed by atoms with Gasteiger partial charge in [-0.05, 0) is 11.1 Å². The molecule has 6 N–H and O–H groups in total. The first kappa shape index (κ1) is 24.5. The summed E-state index contributed by atoms with van der Waals surface area (Å²) >= 11 is 0. The Labute approximate surface area is 196 Å². The average molecular weight is 466 g/mol. The molecule has 0 saturated heterocycles. The molecule has 1 aliphatic rings. The number of carbonyl (C=O) groups excluding carboxylic acids is 3. The molecule has 1 heterocycles. The number of aliphatic hydroxyl groups excluding tert-OH is 1. The van der Waals surface area contributed by atoms with Crippen molar-refractivity contribution in [3.05, 3.63) is 83.4 Å². The van der Waals surface area contributed by atoms with Gasteiger partial charge in [-0.25, -0.2) is 4.79 Å². The summed E-state index contributed by atoms with van der Waals surface area (Å²) < 4.78 is 5.11. The maximum Gasteiger partial charge on any atom is 0.408 e. The van der Waals surface area contributed by atoms with Crippen LogP contribution in [-0.2, 0) is 27.5 Å². The van der Waals surface area contributed by atoms with Crippen LogP contribution in [0.1, 0.15) is 16.7 Å². The molecule has 0 aliphatic carbocycles. The van der Waals surface area contributed by atoms with E-state index in [1.807, 2.05) is 18.2 Å². The van der Waals surface area contributed by atoms with Gasteiger partial charge in [-0.3, -0.25) is 15.0 Å². The number of nitrogens with zero attached hydrogens (tertiary/aromatic N) is 1. The maximum absolute atomic E-state index is 12.9. The maximum atomic E-state index is 12.9. The van der Waals surface area contributed by atoms with Gasteiger partial charge < -0.3 is 31.1 Å². The summed E-state index contributed by atoms with van der Waals surface area (Å²) in [5, 5.41) is 22.2. The van der Waals surface area contributed by atoms with E-state index in [1.54, 1.807) is 48.6 Å². The Balaban J connectivity index is 1.53. The van der Waals surface area contributed by atoms with E-state index in [2.05, 4.69) is 10.6 Å². The number of nitrogens with two attached hydrogens (primary N) is 1. The summed E-state index contributed by atoms with van der Waals surface area (Å²) in [7, 11) is 0. The molecule has 2 aromatic carbocycles. The Morgan fingerprint density at radius 3 is 2.47 bits per heavy atom. The third kappa shape index (κ3) is 6.42. The molecular weight excluding hydrogens is 438 g/mol. The number of alkyl carbamates (subject to hydrolysis) is 1. The number of carbonyl (C=O) groups is 3. The van der Waals surface area contributed by atoms with Crippen molar-refractivity contribution in [1.29, 1.82) is 5.41 Å². The lowest BCUT2D eigenvalue weighted by atomic mass is 10.1. The lowest BCUT2D eigenvalue weighted by Gasteiger charge is -2.27. The van der Waals surface area contributed by atoms with Gasteiger partial charge in [-0.1, -0.05) is 66.7 Å². The number of benzene rings is 2. The van der Waals surface area contributed by atoms with E-state index in [-0.39, 0.29) is 25.5 Å². The van der Waals surface area contributed by atoms with Crippen LogP contribution in [0.4, 0.5) is 4.79 Å². The zero-order valence-electron chi connectivity index (χ0n) is 18.4. The van der Waals surface area contributed by atoms with Crippen LogP contribution in [0.25, 0.3) is 0 Å². The molecular formula is C24H27N5O5. The van der Waals surface area contributed by atoms with Gasteiger partial charge in [0.25, 0.3) is 0 Å². The molecule has 0 saturated carbocycles. The number of amidine groups is 1. The van der Waals surface area contributed by atoms with Gasteiger partial charge >= 0.3 is 6.09 Å². The minimum Gasteiger partial charge on any atom is -0.445 e. The number of amides is 3. The fourth-order valence-electron chi connectivity index (χ4n) is 3.37. The van der Waals surface area contributed by atoms with E-state index in [0.717, 1.165) is 11.1 Å². The third-order valence-corrected chi connectivity index (χ3v) is 5.23. The molecule has 0 unspecified atom stereocenters. The number of hydrogen-bond donors (Lipinski definition) is 5. The lowest BCUT2D eigenvalue weighted by Crippen LogP contribution is -2.55. The second-order valence-corrected chi connectivity index (χ2v) is 7.63. The highest BCUT2D eigenvalue weighted by molar-refractivity contribution is 5.95. The van der Waals surface area contributed by atoms with Crippen molar-refractivity contribution in [2.24, 2.45) is 5.73 Å². The Hall–Kier alpha value is -4.18. The topological polar surface area (TPSA) is 158 Å². The van der Waals surface area contributed by atoms with E-state index in [4.69, 9.17) is 15.9 Å². The van der Waals surface area contributed by atoms with E-state index in [0.29, 0.717) is 5.56 Å². The minimum atomic E-state index is -1.25. The van der Waals surface area contributed by atoms with Crippen LogP contribution in [0.3, 0.4) is 0 Å². The van der Waals surface area contributed by atoms with Crippen LogP contribution in [0.5, 0.6) is 0 Å². The Morgan fingerprint density at radius 2 is 1.82 bits per heavy atom. The summed E-state index contributed by atoms with van der Waals surface area (Å²) in [6.07, 6.45) is 2.42. The highest BCUT2D eigenvalue weighted by Crippen LogP contribution is 2.13. The highest BCUT2D eigenvalue weighted by atomic mass is 16.5. The third-order valence-electron chi connectivity index (χ3n) is 5.23. The number of rotatable bonds is 9. The first-order chi connectivity index (χ1) is 16.4. The monoisotopic (exact) mass is 465 g/mol. The lowest BCUT2D eigenvalue weighted by molar-refractivity contribution is -0.139. The van der Waals surface area contributed by atoms with Gasteiger partial charge in [-0.15, -0.1) is 0 Å². The quantitative estimate of drug-likeness (QED) is 0.208. The second kappa shape index (κ2) is 11.6.